The van der Waals surface area contributed by atoms with Crippen molar-refractivity contribution in [2.24, 2.45) is 5.92 Å². The number of fused-ring (bicyclic) bond motifs is 1. The fraction of sp³-hybridized carbons (Fsp3) is 0.500. The van der Waals surface area contributed by atoms with E-state index in [2.05, 4.69) is 27.4 Å². The first-order chi connectivity index (χ1) is 9.74. The molecule has 1 aliphatic rings. The van der Waals surface area contributed by atoms with Crippen LogP contribution in [0.2, 0.25) is 0 Å². The van der Waals surface area contributed by atoms with Crippen LogP contribution in [-0.2, 0) is 16.6 Å². The van der Waals surface area contributed by atoms with Crippen molar-refractivity contribution < 1.29 is 14.6 Å². The largest absolute Gasteiger partial charge is 0.507 e. The molecule has 1 N–H and O–H groups in total. The molecule has 0 amide bonds. The summed E-state index contributed by atoms with van der Waals surface area (Å²) in [6.07, 6.45) is 2.68. The van der Waals surface area contributed by atoms with E-state index in [0.717, 1.165) is 22.3 Å². The molecule has 21 heavy (non-hydrogen) atoms. The van der Waals surface area contributed by atoms with Gasteiger partial charge in [-0.3, -0.25) is 4.79 Å². The highest BCUT2D eigenvalue weighted by atomic mass is 16.5. The van der Waals surface area contributed by atoms with Crippen molar-refractivity contribution in [1.82, 2.24) is 0 Å². The molecule has 0 bridgehead atoms. The SMILES string of the molecule is C=CCc1c(O)c(C)c(C)c2c1C(C)(C(C)C)CC(=O)O2. The molecular weight excluding hydrogens is 264 g/mol. The number of aromatic hydroxyl groups is 1. The number of carbonyl (C=O) groups is 1. The fourth-order valence-corrected chi connectivity index (χ4v) is 3.12. The van der Waals surface area contributed by atoms with Gasteiger partial charge in [-0.25, -0.2) is 0 Å². The summed E-state index contributed by atoms with van der Waals surface area (Å²) in [6, 6.07) is 0. The number of benzene rings is 1. The average molecular weight is 288 g/mol. The van der Waals surface area contributed by atoms with Crippen LogP contribution >= 0.6 is 0 Å². The molecule has 114 valence electrons. The van der Waals surface area contributed by atoms with Gasteiger partial charge in [0, 0.05) is 16.5 Å². The minimum absolute atomic E-state index is 0.198. The third-order valence-corrected chi connectivity index (χ3v) is 4.99. The topological polar surface area (TPSA) is 46.5 Å². The quantitative estimate of drug-likeness (QED) is 0.520. The lowest BCUT2D eigenvalue weighted by molar-refractivity contribution is -0.137. The molecule has 0 aliphatic carbocycles. The predicted molar refractivity (Wildman–Crippen MR) is 83.9 cm³/mol. The lowest BCUT2D eigenvalue weighted by atomic mass is 9.67. The van der Waals surface area contributed by atoms with E-state index in [1.165, 1.54) is 0 Å². The highest BCUT2D eigenvalue weighted by Crippen LogP contribution is 2.50. The molecule has 1 aliphatic heterocycles. The number of carbonyl (C=O) groups excluding carboxylic acids is 1. The van der Waals surface area contributed by atoms with Crippen molar-refractivity contribution in [2.75, 3.05) is 0 Å². The van der Waals surface area contributed by atoms with E-state index < -0.39 is 0 Å². The fourth-order valence-electron chi connectivity index (χ4n) is 3.12. The summed E-state index contributed by atoms with van der Waals surface area (Å²) >= 11 is 0. The maximum atomic E-state index is 12.1. The molecule has 2 rings (SSSR count). The van der Waals surface area contributed by atoms with Gasteiger partial charge < -0.3 is 9.84 Å². The Kier molecular flexibility index (Phi) is 3.87. The Bertz CT molecular complexity index is 590. The number of phenols is 1. The van der Waals surface area contributed by atoms with Crippen molar-refractivity contribution in [2.45, 2.75) is 52.9 Å². The van der Waals surface area contributed by atoms with Gasteiger partial charge in [0.05, 0.1) is 6.42 Å². The number of phenolic OH excluding ortho intramolecular Hbond substituents is 1. The highest BCUT2D eigenvalue weighted by Gasteiger charge is 2.43. The Balaban J connectivity index is 2.88. The number of hydrogen-bond donors (Lipinski definition) is 1. The van der Waals surface area contributed by atoms with Crippen LogP contribution < -0.4 is 4.74 Å². The summed E-state index contributed by atoms with van der Waals surface area (Å²) < 4.78 is 5.55. The molecule has 0 aromatic heterocycles. The van der Waals surface area contributed by atoms with Crippen LogP contribution in [0.1, 0.15) is 49.4 Å². The summed E-state index contributed by atoms with van der Waals surface area (Å²) in [5, 5.41) is 10.6. The standard InChI is InChI=1S/C18H24O3/c1-7-8-13-15-17(12(5)11(4)16(13)20)21-14(19)9-18(15,6)10(2)3/h7,10,20H,1,8-9H2,2-6H3. The summed E-state index contributed by atoms with van der Waals surface area (Å²) in [4.78, 5) is 12.1. The molecule has 1 atom stereocenters. The number of esters is 1. The third kappa shape index (κ3) is 2.25. The molecule has 1 aromatic carbocycles. The second kappa shape index (κ2) is 5.21. The number of rotatable bonds is 3. The van der Waals surface area contributed by atoms with Crippen molar-refractivity contribution in [3.8, 4) is 11.5 Å². The van der Waals surface area contributed by atoms with Crippen LogP contribution in [-0.4, -0.2) is 11.1 Å². The number of ether oxygens (including phenoxy) is 1. The van der Waals surface area contributed by atoms with Gasteiger partial charge in [0.1, 0.15) is 11.5 Å². The van der Waals surface area contributed by atoms with Crippen molar-refractivity contribution >= 4 is 5.97 Å². The van der Waals surface area contributed by atoms with E-state index in [-0.39, 0.29) is 17.3 Å². The Labute approximate surface area is 126 Å². The van der Waals surface area contributed by atoms with E-state index in [0.29, 0.717) is 24.3 Å². The summed E-state index contributed by atoms with van der Waals surface area (Å²) in [5.74, 6) is 0.996. The van der Waals surface area contributed by atoms with Crippen LogP contribution in [0.15, 0.2) is 12.7 Å². The minimum Gasteiger partial charge on any atom is -0.507 e. The monoisotopic (exact) mass is 288 g/mol. The molecule has 0 radical (unpaired) electrons. The van der Waals surface area contributed by atoms with E-state index in [1.54, 1.807) is 6.08 Å². The molecule has 0 saturated carbocycles. The predicted octanol–water partition coefficient (Wildman–Crippen LogP) is 3.96. The van der Waals surface area contributed by atoms with Crippen LogP contribution in [0.5, 0.6) is 11.5 Å². The normalized spacial score (nSPS) is 21.1. The first-order valence-electron chi connectivity index (χ1n) is 7.41. The molecule has 1 heterocycles. The molecule has 3 nitrogen and oxygen atoms in total. The minimum atomic E-state index is -0.334. The first-order valence-corrected chi connectivity index (χ1v) is 7.41. The zero-order chi connectivity index (χ0) is 15.9. The van der Waals surface area contributed by atoms with Crippen LogP contribution in [0.4, 0.5) is 0 Å². The summed E-state index contributed by atoms with van der Waals surface area (Å²) in [6.45, 7) is 13.8. The van der Waals surface area contributed by atoms with Gasteiger partial charge in [-0.05, 0) is 37.3 Å². The first kappa shape index (κ1) is 15.6. The molecule has 1 unspecified atom stereocenters. The smallest absolute Gasteiger partial charge is 0.312 e. The third-order valence-electron chi connectivity index (χ3n) is 4.99. The van der Waals surface area contributed by atoms with Gasteiger partial charge in [0.25, 0.3) is 0 Å². The highest BCUT2D eigenvalue weighted by molar-refractivity contribution is 5.80. The Morgan fingerprint density at radius 3 is 2.52 bits per heavy atom. The van der Waals surface area contributed by atoms with Gasteiger partial charge in [-0.1, -0.05) is 26.8 Å². The molecular formula is C18H24O3. The zero-order valence-electron chi connectivity index (χ0n) is 13.5. The average Bonchev–Trinajstić information content (AvgIpc) is 2.41. The van der Waals surface area contributed by atoms with Crippen LogP contribution in [0.3, 0.4) is 0 Å². The molecule has 0 spiro atoms. The lowest BCUT2D eigenvalue weighted by Gasteiger charge is -2.40. The van der Waals surface area contributed by atoms with Crippen molar-refractivity contribution in [3.05, 3.63) is 34.9 Å². The van der Waals surface area contributed by atoms with Gasteiger partial charge in [-0.2, -0.15) is 0 Å². The van der Waals surface area contributed by atoms with E-state index >= 15 is 0 Å². The second-order valence-electron chi connectivity index (χ2n) is 6.50. The van der Waals surface area contributed by atoms with Crippen molar-refractivity contribution in [3.63, 3.8) is 0 Å². The van der Waals surface area contributed by atoms with Gasteiger partial charge in [0.15, 0.2) is 0 Å². The van der Waals surface area contributed by atoms with E-state index in [9.17, 15) is 9.90 Å². The van der Waals surface area contributed by atoms with Gasteiger partial charge >= 0.3 is 5.97 Å². The lowest BCUT2D eigenvalue weighted by Crippen LogP contribution is -2.39. The Hall–Kier alpha value is -1.77. The molecule has 3 heteroatoms. The maximum Gasteiger partial charge on any atom is 0.312 e. The van der Waals surface area contributed by atoms with Crippen LogP contribution in [0, 0.1) is 19.8 Å². The van der Waals surface area contributed by atoms with Crippen molar-refractivity contribution in [1.29, 1.82) is 0 Å². The number of hydrogen-bond acceptors (Lipinski definition) is 3. The second-order valence-corrected chi connectivity index (χ2v) is 6.50. The van der Waals surface area contributed by atoms with E-state index in [1.807, 2.05) is 13.8 Å². The molecule has 0 saturated heterocycles. The number of allylic oxidation sites excluding steroid dienone is 1. The summed E-state index contributed by atoms with van der Waals surface area (Å²) in [5.41, 5.74) is 3.09. The Morgan fingerprint density at radius 1 is 1.38 bits per heavy atom. The maximum absolute atomic E-state index is 12.1. The zero-order valence-corrected chi connectivity index (χ0v) is 13.5. The van der Waals surface area contributed by atoms with Gasteiger partial charge in [-0.15, -0.1) is 6.58 Å². The molecule has 0 fully saturated rings. The molecule has 1 aromatic rings. The Morgan fingerprint density at radius 2 is 2.00 bits per heavy atom. The van der Waals surface area contributed by atoms with Crippen LogP contribution in [0.25, 0.3) is 0 Å². The van der Waals surface area contributed by atoms with E-state index in [4.69, 9.17) is 4.74 Å². The summed E-state index contributed by atoms with van der Waals surface area (Å²) in [7, 11) is 0. The van der Waals surface area contributed by atoms with Gasteiger partial charge in [0.2, 0.25) is 0 Å².